The summed E-state index contributed by atoms with van der Waals surface area (Å²) >= 11 is 0. The molecule has 2 aliphatic heterocycles. The second-order valence-corrected chi connectivity index (χ2v) is 4.21. The van der Waals surface area contributed by atoms with Gasteiger partial charge in [0, 0.05) is 19.0 Å². The lowest BCUT2D eigenvalue weighted by Crippen LogP contribution is -2.50. The Bertz CT molecular complexity index is 261. The Hall–Kier alpha value is -1.10. The highest BCUT2D eigenvalue weighted by molar-refractivity contribution is 5.90. The lowest BCUT2D eigenvalue weighted by molar-refractivity contribution is -0.126. The van der Waals surface area contributed by atoms with Crippen LogP contribution < -0.4 is 16.0 Å². The highest BCUT2D eigenvalue weighted by atomic mass is 16.2. The van der Waals surface area contributed by atoms with Crippen LogP contribution in [0.15, 0.2) is 0 Å². The third-order valence-corrected chi connectivity index (χ3v) is 2.96. The predicted molar refractivity (Wildman–Crippen MR) is 55.2 cm³/mol. The zero-order chi connectivity index (χ0) is 10.7. The van der Waals surface area contributed by atoms with Crippen LogP contribution >= 0.6 is 0 Å². The van der Waals surface area contributed by atoms with Crippen molar-refractivity contribution in [2.24, 2.45) is 0 Å². The fraction of sp³-hybridized carbons (Fsp3) is 0.800. The van der Waals surface area contributed by atoms with E-state index in [4.69, 9.17) is 0 Å². The van der Waals surface area contributed by atoms with Crippen molar-refractivity contribution in [2.45, 2.75) is 37.8 Å². The molecule has 2 atom stereocenters. The average molecular weight is 211 g/mol. The van der Waals surface area contributed by atoms with Gasteiger partial charge in [0.2, 0.25) is 11.8 Å². The molecule has 5 heteroatoms. The number of amides is 2. The van der Waals surface area contributed by atoms with Crippen molar-refractivity contribution >= 4 is 11.8 Å². The van der Waals surface area contributed by atoms with Gasteiger partial charge in [-0.05, 0) is 25.8 Å². The molecule has 0 aromatic rings. The topological polar surface area (TPSA) is 70.2 Å². The van der Waals surface area contributed by atoms with Gasteiger partial charge in [-0.25, -0.2) is 0 Å². The summed E-state index contributed by atoms with van der Waals surface area (Å²) in [7, 11) is 0. The molecule has 5 nitrogen and oxygen atoms in total. The van der Waals surface area contributed by atoms with Crippen molar-refractivity contribution in [1.82, 2.24) is 16.0 Å². The minimum absolute atomic E-state index is 0.0167. The van der Waals surface area contributed by atoms with Crippen LogP contribution in [0.4, 0.5) is 0 Å². The number of carbonyl (C=O) groups is 2. The molecular weight excluding hydrogens is 194 g/mol. The number of piperidine rings is 1. The van der Waals surface area contributed by atoms with Gasteiger partial charge in [-0.3, -0.25) is 9.59 Å². The van der Waals surface area contributed by atoms with Crippen molar-refractivity contribution in [3.8, 4) is 0 Å². The molecule has 84 valence electrons. The average Bonchev–Trinajstić information content (AvgIpc) is 2.66. The molecule has 2 heterocycles. The molecule has 2 amide bonds. The van der Waals surface area contributed by atoms with Gasteiger partial charge < -0.3 is 16.0 Å². The smallest absolute Gasteiger partial charge is 0.242 e. The van der Waals surface area contributed by atoms with Gasteiger partial charge >= 0.3 is 0 Å². The molecule has 2 saturated heterocycles. The second kappa shape index (κ2) is 4.61. The van der Waals surface area contributed by atoms with Crippen molar-refractivity contribution in [3.05, 3.63) is 0 Å². The van der Waals surface area contributed by atoms with Crippen LogP contribution in [0.25, 0.3) is 0 Å². The number of rotatable bonds is 2. The third-order valence-electron chi connectivity index (χ3n) is 2.96. The summed E-state index contributed by atoms with van der Waals surface area (Å²) in [6.07, 6.45) is 3.23. The van der Waals surface area contributed by atoms with E-state index in [1.54, 1.807) is 0 Å². The van der Waals surface area contributed by atoms with Crippen LogP contribution in [0.2, 0.25) is 0 Å². The van der Waals surface area contributed by atoms with E-state index >= 15 is 0 Å². The van der Waals surface area contributed by atoms with Gasteiger partial charge in [0.1, 0.15) is 6.04 Å². The van der Waals surface area contributed by atoms with Crippen LogP contribution in [0.1, 0.15) is 25.7 Å². The van der Waals surface area contributed by atoms with Crippen LogP contribution in [0.5, 0.6) is 0 Å². The molecule has 0 aromatic heterocycles. The monoisotopic (exact) mass is 211 g/mol. The molecule has 2 aliphatic rings. The molecule has 15 heavy (non-hydrogen) atoms. The summed E-state index contributed by atoms with van der Waals surface area (Å²) in [6.45, 7) is 1.87. The molecule has 2 rings (SSSR count). The van der Waals surface area contributed by atoms with E-state index in [1.807, 2.05) is 0 Å². The van der Waals surface area contributed by atoms with Gasteiger partial charge in [0.05, 0.1) is 0 Å². The van der Waals surface area contributed by atoms with E-state index in [0.29, 0.717) is 12.8 Å². The Morgan fingerprint density at radius 3 is 2.87 bits per heavy atom. The van der Waals surface area contributed by atoms with Crippen LogP contribution in [0.3, 0.4) is 0 Å². The van der Waals surface area contributed by atoms with Crippen LogP contribution in [-0.4, -0.2) is 37.0 Å². The maximum absolute atomic E-state index is 11.7. The normalized spacial score (nSPS) is 31.1. The van der Waals surface area contributed by atoms with Gasteiger partial charge in [-0.15, -0.1) is 0 Å². The maximum Gasteiger partial charge on any atom is 0.242 e. The van der Waals surface area contributed by atoms with E-state index in [0.717, 1.165) is 25.9 Å². The number of hydrogen-bond donors (Lipinski definition) is 3. The van der Waals surface area contributed by atoms with E-state index in [1.165, 1.54) is 0 Å². The van der Waals surface area contributed by atoms with E-state index in [9.17, 15) is 9.59 Å². The minimum atomic E-state index is -0.306. The first-order chi connectivity index (χ1) is 7.25. The zero-order valence-corrected chi connectivity index (χ0v) is 8.71. The maximum atomic E-state index is 11.7. The molecule has 0 unspecified atom stereocenters. The quantitative estimate of drug-likeness (QED) is 0.556. The summed E-state index contributed by atoms with van der Waals surface area (Å²) in [5, 5.41) is 8.87. The highest BCUT2D eigenvalue weighted by Gasteiger charge is 2.28. The summed E-state index contributed by atoms with van der Waals surface area (Å²) in [4.78, 5) is 22.7. The molecular formula is C10H17N3O2. The number of hydrogen-bond acceptors (Lipinski definition) is 3. The summed E-state index contributed by atoms with van der Waals surface area (Å²) in [5.74, 6) is -0.0496. The first-order valence-corrected chi connectivity index (χ1v) is 5.56. The third kappa shape index (κ3) is 2.68. The van der Waals surface area contributed by atoms with E-state index in [2.05, 4.69) is 16.0 Å². The lowest BCUT2D eigenvalue weighted by Gasteiger charge is -2.25. The fourth-order valence-electron chi connectivity index (χ4n) is 2.09. The molecule has 3 N–H and O–H groups in total. The Morgan fingerprint density at radius 2 is 2.27 bits per heavy atom. The molecule has 0 bridgehead atoms. The Labute approximate surface area is 89.0 Å². The highest BCUT2D eigenvalue weighted by Crippen LogP contribution is 2.08. The predicted octanol–water partition coefficient (Wildman–Crippen LogP) is -0.867. The van der Waals surface area contributed by atoms with E-state index in [-0.39, 0.29) is 23.9 Å². The molecule has 0 aliphatic carbocycles. The van der Waals surface area contributed by atoms with Crippen molar-refractivity contribution in [3.63, 3.8) is 0 Å². The van der Waals surface area contributed by atoms with Crippen molar-refractivity contribution in [1.29, 1.82) is 0 Å². The Balaban J connectivity index is 1.78. The Kier molecular flexibility index (Phi) is 3.20. The summed E-state index contributed by atoms with van der Waals surface area (Å²) in [5.41, 5.74) is 0. The zero-order valence-electron chi connectivity index (χ0n) is 8.71. The van der Waals surface area contributed by atoms with Crippen LogP contribution in [-0.2, 0) is 9.59 Å². The fourth-order valence-corrected chi connectivity index (χ4v) is 2.09. The molecule has 0 aromatic carbocycles. The van der Waals surface area contributed by atoms with Crippen LogP contribution in [0, 0.1) is 0 Å². The molecule has 2 fully saturated rings. The molecule has 0 radical (unpaired) electrons. The lowest BCUT2D eigenvalue weighted by atomic mass is 10.1. The molecule has 0 saturated carbocycles. The standard InChI is InChI=1S/C10H17N3O2/c14-9-4-3-8(13-9)10(15)12-7-2-1-5-11-6-7/h7-8,11H,1-6H2,(H,12,15)(H,13,14)/t7-,8+/m0/s1. The van der Waals surface area contributed by atoms with Crippen molar-refractivity contribution in [2.75, 3.05) is 13.1 Å². The van der Waals surface area contributed by atoms with Gasteiger partial charge in [-0.1, -0.05) is 0 Å². The largest absolute Gasteiger partial charge is 0.350 e. The second-order valence-electron chi connectivity index (χ2n) is 4.21. The number of nitrogens with one attached hydrogen (secondary N) is 3. The van der Waals surface area contributed by atoms with Gasteiger partial charge in [0.15, 0.2) is 0 Å². The summed E-state index contributed by atoms with van der Waals surface area (Å²) < 4.78 is 0. The van der Waals surface area contributed by atoms with E-state index < -0.39 is 0 Å². The first kappa shape index (κ1) is 10.4. The number of carbonyl (C=O) groups excluding carboxylic acids is 2. The summed E-state index contributed by atoms with van der Waals surface area (Å²) in [6, 6.07) is -0.0804. The first-order valence-electron chi connectivity index (χ1n) is 5.56. The van der Waals surface area contributed by atoms with Gasteiger partial charge in [0.25, 0.3) is 0 Å². The minimum Gasteiger partial charge on any atom is -0.350 e. The SMILES string of the molecule is O=C1CC[C@H](C(=O)N[C@H]2CCCNC2)N1. The van der Waals surface area contributed by atoms with Gasteiger partial charge in [-0.2, -0.15) is 0 Å². The molecule has 0 spiro atoms. The Morgan fingerprint density at radius 1 is 1.40 bits per heavy atom. The van der Waals surface area contributed by atoms with Crippen molar-refractivity contribution < 1.29 is 9.59 Å².